The fourth-order valence-electron chi connectivity index (χ4n) is 10.3. The molecular weight excluding hydrogens is 755 g/mol. The lowest BCUT2D eigenvalue weighted by atomic mass is 9.66. The highest BCUT2D eigenvalue weighted by Crippen LogP contribution is 2.61. The van der Waals surface area contributed by atoms with E-state index in [9.17, 15) is 0 Å². The average molecular weight is 790 g/mol. The zero-order chi connectivity index (χ0) is 40.8. The minimum absolute atomic E-state index is 0.564. The van der Waals surface area contributed by atoms with E-state index in [0.717, 1.165) is 55.3 Å². The van der Waals surface area contributed by atoms with Crippen LogP contribution in [0.1, 0.15) is 22.3 Å². The summed E-state index contributed by atoms with van der Waals surface area (Å²) in [5.74, 6) is 1.78. The number of nitrogens with zero attached hydrogens (tertiary/aromatic N) is 3. The van der Waals surface area contributed by atoms with E-state index in [1.807, 2.05) is 24.3 Å². The van der Waals surface area contributed by atoms with E-state index in [-0.39, 0.29) is 0 Å². The topological polar surface area (TPSA) is 51.8 Å². The van der Waals surface area contributed by atoms with Crippen molar-refractivity contribution in [1.82, 2.24) is 15.0 Å². The van der Waals surface area contributed by atoms with Crippen molar-refractivity contribution in [3.05, 3.63) is 235 Å². The Labute approximate surface area is 358 Å². The lowest BCUT2D eigenvalue weighted by Gasteiger charge is -2.35. The number of hydrogen-bond donors (Lipinski definition) is 0. The Morgan fingerprint density at radius 3 is 1.40 bits per heavy atom. The minimum Gasteiger partial charge on any atom is -0.456 e. The van der Waals surface area contributed by atoms with Gasteiger partial charge in [0.1, 0.15) is 11.2 Å². The molecule has 2 aromatic heterocycles. The Morgan fingerprint density at radius 2 is 0.726 bits per heavy atom. The molecule has 288 valence electrons. The van der Waals surface area contributed by atoms with Crippen LogP contribution in [0.3, 0.4) is 0 Å². The van der Waals surface area contributed by atoms with E-state index in [0.29, 0.717) is 17.5 Å². The highest BCUT2D eigenvalue weighted by atomic mass is 16.3. The Bertz CT molecular complexity index is 3560. The van der Waals surface area contributed by atoms with Crippen molar-refractivity contribution in [2.75, 3.05) is 0 Å². The first-order valence-electron chi connectivity index (χ1n) is 21.1. The molecule has 9 aromatic carbocycles. The zero-order valence-electron chi connectivity index (χ0n) is 33.5. The molecule has 0 atom stereocenters. The molecule has 0 saturated carbocycles. The SMILES string of the molecule is c1ccc(-c2cccc(-c3nc(-c4ccc5c(c4)-c4ccccc4-c4ccccc4C54c5ccccc5-c5ccccc54)nc(-c4ccc5c(c4)oc4ccccc45)n3)c2)cc1. The number of furan rings is 1. The molecule has 4 nitrogen and oxygen atoms in total. The van der Waals surface area contributed by atoms with Gasteiger partial charge < -0.3 is 4.42 Å². The normalized spacial score (nSPS) is 13.0. The van der Waals surface area contributed by atoms with Crippen LogP contribution in [-0.2, 0) is 5.41 Å². The van der Waals surface area contributed by atoms with Gasteiger partial charge >= 0.3 is 0 Å². The van der Waals surface area contributed by atoms with E-state index in [1.54, 1.807) is 0 Å². The van der Waals surface area contributed by atoms with Crippen molar-refractivity contribution in [2.45, 2.75) is 5.41 Å². The van der Waals surface area contributed by atoms with E-state index in [2.05, 4.69) is 188 Å². The second kappa shape index (κ2) is 13.4. The summed E-state index contributed by atoms with van der Waals surface area (Å²) in [7, 11) is 0. The van der Waals surface area contributed by atoms with Gasteiger partial charge in [0, 0.05) is 27.5 Å². The first kappa shape index (κ1) is 34.6. The number of fused-ring (bicyclic) bond motifs is 15. The van der Waals surface area contributed by atoms with Gasteiger partial charge in [-0.15, -0.1) is 0 Å². The quantitative estimate of drug-likeness (QED) is 0.178. The second-order valence-corrected chi connectivity index (χ2v) is 16.3. The molecule has 0 aliphatic heterocycles. The van der Waals surface area contributed by atoms with E-state index >= 15 is 0 Å². The first-order chi connectivity index (χ1) is 30.7. The van der Waals surface area contributed by atoms with Crippen molar-refractivity contribution >= 4 is 21.9 Å². The number of hydrogen-bond acceptors (Lipinski definition) is 4. The molecule has 0 unspecified atom stereocenters. The summed E-state index contributed by atoms with van der Waals surface area (Å²) in [5.41, 5.74) is 18.4. The van der Waals surface area contributed by atoms with E-state index in [1.165, 1.54) is 50.1 Å². The van der Waals surface area contributed by atoms with Gasteiger partial charge in [-0.25, -0.2) is 15.0 Å². The number of benzene rings is 9. The summed E-state index contributed by atoms with van der Waals surface area (Å²) in [4.78, 5) is 15.8. The molecule has 2 heterocycles. The van der Waals surface area contributed by atoms with Crippen LogP contribution in [0.2, 0.25) is 0 Å². The van der Waals surface area contributed by atoms with Gasteiger partial charge in [0.05, 0.1) is 5.41 Å². The first-order valence-corrected chi connectivity index (χ1v) is 21.1. The van der Waals surface area contributed by atoms with Crippen molar-refractivity contribution < 1.29 is 4.42 Å². The Hall–Kier alpha value is -8.21. The summed E-state index contributed by atoms with van der Waals surface area (Å²) in [6.07, 6.45) is 0. The maximum atomic E-state index is 6.37. The van der Waals surface area contributed by atoms with Crippen LogP contribution in [0.4, 0.5) is 0 Å². The molecule has 4 heteroatoms. The molecule has 2 aliphatic rings. The third kappa shape index (κ3) is 5.04. The highest BCUT2D eigenvalue weighted by Gasteiger charge is 2.49. The number of para-hydroxylation sites is 1. The summed E-state index contributed by atoms with van der Waals surface area (Å²) >= 11 is 0. The van der Waals surface area contributed by atoms with Crippen LogP contribution in [0.5, 0.6) is 0 Å². The lowest BCUT2D eigenvalue weighted by molar-refractivity contribution is 0.669. The highest BCUT2D eigenvalue weighted by molar-refractivity contribution is 6.06. The monoisotopic (exact) mass is 789 g/mol. The van der Waals surface area contributed by atoms with Gasteiger partial charge in [0.2, 0.25) is 0 Å². The third-order valence-electron chi connectivity index (χ3n) is 13.0. The van der Waals surface area contributed by atoms with Gasteiger partial charge in [-0.1, -0.05) is 182 Å². The molecule has 0 saturated heterocycles. The van der Waals surface area contributed by atoms with Gasteiger partial charge in [0.15, 0.2) is 17.5 Å². The maximum Gasteiger partial charge on any atom is 0.164 e. The summed E-state index contributed by atoms with van der Waals surface area (Å²) in [6, 6.07) is 75.9. The lowest BCUT2D eigenvalue weighted by Crippen LogP contribution is -2.29. The minimum atomic E-state index is -0.564. The molecule has 62 heavy (non-hydrogen) atoms. The Morgan fingerprint density at radius 1 is 0.274 bits per heavy atom. The Kier molecular flexibility index (Phi) is 7.49. The zero-order valence-corrected chi connectivity index (χ0v) is 33.5. The Balaban J connectivity index is 1.07. The fraction of sp³-hybridized carbons (Fsp3) is 0.0172. The van der Waals surface area contributed by atoms with Crippen LogP contribution < -0.4 is 0 Å². The molecule has 0 radical (unpaired) electrons. The molecule has 0 fully saturated rings. The standard InChI is InChI=1S/C58H35N3O/c1-2-15-36(16-3-1)37-17-14-18-38(33-37)55-59-56(61-57(60-55)40-29-31-47-46-24-9-13-28-53(46)62-54(47)35-40)39-30-32-52-48(34-39)42-20-5-4-19-41(42)43-21-6-10-25-49(43)58(52)50-26-11-7-22-44(50)45-23-8-12-27-51(45)58/h1-35H. The molecule has 2 aliphatic carbocycles. The van der Waals surface area contributed by atoms with Crippen LogP contribution in [0.15, 0.2) is 217 Å². The van der Waals surface area contributed by atoms with Gasteiger partial charge in [-0.2, -0.15) is 0 Å². The van der Waals surface area contributed by atoms with Gasteiger partial charge in [-0.05, 0) is 97.1 Å². The average Bonchev–Trinajstić information content (AvgIpc) is 3.84. The van der Waals surface area contributed by atoms with Crippen molar-refractivity contribution in [2.24, 2.45) is 0 Å². The predicted octanol–water partition coefficient (Wildman–Crippen LogP) is 14.4. The smallest absolute Gasteiger partial charge is 0.164 e. The molecule has 13 rings (SSSR count). The van der Waals surface area contributed by atoms with Crippen LogP contribution in [0, 0.1) is 0 Å². The largest absolute Gasteiger partial charge is 0.456 e. The van der Waals surface area contributed by atoms with Gasteiger partial charge in [-0.3, -0.25) is 0 Å². The van der Waals surface area contributed by atoms with Crippen LogP contribution >= 0.6 is 0 Å². The predicted molar refractivity (Wildman–Crippen MR) is 251 cm³/mol. The van der Waals surface area contributed by atoms with E-state index < -0.39 is 5.41 Å². The van der Waals surface area contributed by atoms with Crippen molar-refractivity contribution in [3.63, 3.8) is 0 Å². The molecule has 0 bridgehead atoms. The van der Waals surface area contributed by atoms with Crippen LogP contribution in [0.25, 0.3) is 101 Å². The molecule has 0 amide bonds. The summed E-state index contributed by atoms with van der Waals surface area (Å²) < 4.78 is 6.37. The summed E-state index contributed by atoms with van der Waals surface area (Å²) in [5, 5.41) is 2.14. The second-order valence-electron chi connectivity index (χ2n) is 16.3. The van der Waals surface area contributed by atoms with Gasteiger partial charge in [0.25, 0.3) is 0 Å². The summed E-state index contributed by atoms with van der Waals surface area (Å²) in [6.45, 7) is 0. The molecular formula is C58H35N3O. The van der Waals surface area contributed by atoms with Crippen molar-refractivity contribution in [3.8, 4) is 78.7 Å². The number of aromatic nitrogens is 3. The number of rotatable bonds is 4. The third-order valence-corrected chi connectivity index (χ3v) is 13.0. The fourth-order valence-corrected chi connectivity index (χ4v) is 10.3. The van der Waals surface area contributed by atoms with Crippen LogP contribution in [-0.4, -0.2) is 15.0 Å². The van der Waals surface area contributed by atoms with E-state index in [4.69, 9.17) is 19.4 Å². The van der Waals surface area contributed by atoms with Crippen molar-refractivity contribution in [1.29, 1.82) is 0 Å². The maximum absolute atomic E-state index is 6.37. The molecule has 11 aromatic rings. The molecule has 1 spiro atoms. The molecule has 0 N–H and O–H groups in total.